The van der Waals surface area contributed by atoms with Crippen LogP contribution in [0.15, 0.2) is 72.8 Å². The summed E-state index contributed by atoms with van der Waals surface area (Å²) in [6, 6.07) is 16.5. The molecule has 0 aromatic heterocycles. The summed E-state index contributed by atoms with van der Waals surface area (Å²) in [5, 5.41) is 11.6. The maximum atomic E-state index is 13.6. The Labute approximate surface area is 216 Å². The summed E-state index contributed by atoms with van der Waals surface area (Å²) in [5.41, 5.74) is 0.485. The van der Waals surface area contributed by atoms with E-state index in [9.17, 15) is 29.3 Å². The van der Waals surface area contributed by atoms with Crippen LogP contribution in [0, 0.1) is 10.1 Å². The highest BCUT2D eigenvalue weighted by molar-refractivity contribution is 6.31. The molecule has 1 atom stereocenters. The van der Waals surface area contributed by atoms with Crippen LogP contribution in [0.5, 0.6) is 5.75 Å². The largest absolute Gasteiger partial charge is 0.427 e. The van der Waals surface area contributed by atoms with Crippen molar-refractivity contribution in [3.63, 3.8) is 0 Å². The zero-order valence-electron chi connectivity index (χ0n) is 19.5. The summed E-state index contributed by atoms with van der Waals surface area (Å²) in [6.07, 6.45) is -0.296. The van der Waals surface area contributed by atoms with Crippen LogP contribution < -0.4 is 9.64 Å². The first kappa shape index (κ1) is 25.5. The van der Waals surface area contributed by atoms with Gasteiger partial charge in [-0.2, -0.15) is 0 Å². The Morgan fingerprint density at radius 2 is 1.78 bits per heavy atom. The van der Waals surface area contributed by atoms with Gasteiger partial charge in [0.1, 0.15) is 11.8 Å². The lowest BCUT2D eigenvalue weighted by atomic mass is 10.1. The number of hydrogen-bond donors (Lipinski definition) is 0. The number of nitro groups is 1. The summed E-state index contributed by atoms with van der Waals surface area (Å²) < 4.78 is 4.99. The first-order valence-electron chi connectivity index (χ1n) is 11.1. The highest BCUT2D eigenvalue weighted by Gasteiger charge is 2.44. The number of anilines is 1. The molecular weight excluding hydrogens is 502 g/mol. The Morgan fingerprint density at radius 1 is 1.08 bits per heavy atom. The minimum absolute atomic E-state index is 0.00862. The van der Waals surface area contributed by atoms with Crippen molar-refractivity contribution in [3.8, 4) is 5.75 Å². The number of rotatable bonds is 7. The molecule has 0 saturated carbocycles. The minimum atomic E-state index is -1.18. The molecule has 0 bridgehead atoms. The molecule has 3 aromatic carbocycles. The molecule has 1 unspecified atom stereocenters. The van der Waals surface area contributed by atoms with Crippen molar-refractivity contribution in [2.45, 2.75) is 25.9 Å². The molecule has 3 amide bonds. The predicted octanol–water partition coefficient (Wildman–Crippen LogP) is 4.15. The third-order valence-corrected chi connectivity index (χ3v) is 6.09. The minimum Gasteiger partial charge on any atom is -0.427 e. The molecule has 37 heavy (non-hydrogen) atoms. The Balaban J connectivity index is 1.69. The Kier molecular flexibility index (Phi) is 7.30. The molecule has 0 radical (unpaired) electrons. The van der Waals surface area contributed by atoms with E-state index in [0.717, 1.165) is 11.0 Å². The summed E-state index contributed by atoms with van der Waals surface area (Å²) in [4.78, 5) is 64.0. The zero-order valence-corrected chi connectivity index (χ0v) is 20.3. The number of carbonyl (C=O) groups is 4. The van der Waals surface area contributed by atoms with E-state index in [1.807, 2.05) is 0 Å². The summed E-state index contributed by atoms with van der Waals surface area (Å²) in [7, 11) is 0. The van der Waals surface area contributed by atoms with Gasteiger partial charge in [0.05, 0.1) is 17.0 Å². The predicted molar refractivity (Wildman–Crippen MR) is 133 cm³/mol. The van der Waals surface area contributed by atoms with Gasteiger partial charge in [-0.15, -0.1) is 0 Å². The third kappa shape index (κ3) is 5.49. The van der Waals surface area contributed by atoms with Crippen molar-refractivity contribution in [2.24, 2.45) is 0 Å². The molecule has 0 aliphatic carbocycles. The maximum absolute atomic E-state index is 13.6. The highest BCUT2D eigenvalue weighted by atomic mass is 35.5. The number of nitro benzene ring substituents is 1. The van der Waals surface area contributed by atoms with Gasteiger partial charge in [0.25, 0.3) is 17.5 Å². The fourth-order valence-electron chi connectivity index (χ4n) is 4.01. The van der Waals surface area contributed by atoms with E-state index in [-0.39, 0.29) is 35.7 Å². The normalized spacial score (nSPS) is 15.0. The van der Waals surface area contributed by atoms with Gasteiger partial charge in [-0.1, -0.05) is 35.9 Å². The van der Waals surface area contributed by atoms with Gasteiger partial charge in [-0.25, -0.2) is 4.90 Å². The third-order valence-electron chi connectivity index (χ3n) is 5.72. The first-order valence-corrected chi connectivity index (χ1v) is 11.5. The van der Waals surface area contributed by atoms with Crippen molar-refractivity contribution >= 4 is 46.7 Å². The van der Waals surface area contributed by atoms with Gasteiger partial charge in [0, 0.05) is 36.2 Å². The fraction of sp³-hybridized carbons (Fsp3) is 0.154. The van der Waals surface area contributed by atoms with Crippen molar-refractivity contribution in [2.75, 3.05) is 4.90 Å². The number of non-ortho nitro benzene ring substituents is 1. The van der Waals surface area contributed by atoms with Crippen LogP contribution in [0.4, 0.5) is 11.4 Å². The Hall–Kier alpha value is -4.57. The number of ether oxygens (including phenoxy) is 1. The quantitative estimate of drug-likeness (QED) is 0.150. The molecule has 4 rings (SSSR count). The molecule has 1 aliphatic rings. The number of amides is 3. The topological polar surface area (TPSA) is 127 Å². The summed E-state index contributed by atoms with van der Waals surface area (Å²) in [5.74, 6) is -2.12. The number of esters is 1. The number of imide groups is 1. The number of halogens is 1. The summed E-state index contributed by atoms with van der Waals surface area (Å²) in [6.45, 7) is 1.14. The van der Waals surface area contributed by atoms with Gasteiger partial charge in [-0.3, -0.25) is 29.3 Å². The molecular formula is C26H20ClN3O7. The second-order valence-corrected chi connectivity index (χ2v) is 8.61. The first-order chi connectivity index (χ1) is 17.7. The van der Waals surface area contributed by atoms with Crippen LogP contribution in [-0.4, -0.2) is 39.6 Å². The number of benzene rings is 3. The van der Waals surface area contributed by atoms with Gasteiger partial charge in [0.2, 0.25) is 5.91 Å². The van der Waals surface area contributed by atoms with Gasteiger partial charge < -0.3 is 9.64 Å². The average molecular weight is 522 g/mol. The second kappa shape index (κ2) is 10.6. The molecule has 1 aliphatic heterocycles. The van der Waals surface area contributed by atoms with Crippen LogP contribution in [0.25, 0.3) is 0 Å². The second-order valence-electron chi connectivity index (χ2n) is 8.21. The lowest BCUT2D eigenvalue weighted by molar-refractivity contribution is -0.384. The smallest absolute Gasteiger partial charge is 0.308 e. The van der Waals surface area contributed by atoms with Crippen molar-refractivity contribution in [1.82, 2.24) is 4.90 Å². The number of carbonyl (C=O) groups excluding carboxylic acids is 4. The highest BCUT2D eigenvalue weighted by Crippen LogP contribution is 2.30. The van der Waals surface area contributed by atoms with Crippen LogP contribution >= 0.6 is 11.6 Å². The number of nitrogens with zero attached hydrogens (tertiary/aromatic N) is 3. The van der Waals surface area contributed by atoms with E-state index < -0.39 is 34.7 Å². The van der Waals surface area contributed by atoms with Crippen LogP contribution in [-0.2, 0) is 20.9 Å². The molecule has 1 heterocycles. The molecule has 3 aromatic rings. The van der Waals surface area contributed by atoms with Crippen molar-refractivity contribution in [1.29, 1.82) is 0 Å². The molecule has 11 heteroatoms. The monoisotopic (exact) mass is 521 g/mol. The Morgan fingerprint density at radius 3 is 2.43 bits per heavy atom. The van der Waals surface area contributed by atoms with E-state index in [4.69, 9.17) is 16.3 Å². The molecule has 1 saturated heterocycles. The Bertz CT molecular complexity index is 1410. The fourth-order valence-corrected chi connectivity index (χ4v) is 4.21. The van der Waals surface area contributed by atoms with Gasteiger partial charge in [-0.05, 0) is 42.0 Å². The average Bonchev–Trinajstić information content (AvgIpc) is 3.16. The number of hydrogen-bond acceptors (Lipinski definition) is 7. The lowest BCUT2D eigenvalue weighted by Gasteiger charge is -2.28. The van der Waals surface area contributed by atoms with E-state index in [1.54, 1.807) is 24.3 Å². The SMILES string of the molecule is CC(=O)Oc1ccc(N2C(=O)CC(N(Cc3ccccc3Cl)C(=O)c3cccc([N+](=O)[O-])c3)C2=O)cc1. The van der Waals surface area contributed by atoms with E-state index >= 15 is 0 Å². The van der Waals surface area contributed by atoms with Crippen molar-refractivity contribution in [3.05, 3.63) is 99.1 Å². The van der Waals surface area contributed by atoms with E-state index in [0.29, 0.717) is 10.6 Å². The van der Waals surface area contributed by atoms with Crippen LogP contribution in [0.1, 0.15) is 29.3 Å². The molecule has 188 valence electrons. The van der Waals surface area contributed by atoms with Crippen LogP contribution in [0.3, 0.4) is 0 Å². The van der Waals surface area contributed by atoms with Crippen LogP contribution in [0.2, 0.25) is 5.02 Å². The van der Waals surface area contributed by atoms with Gasteiger partial charge >= 0.3 is 5.97 Å². The standard InChI is InChI=1S/C26H20ClN3O7/c1-16(31)37-21-11-9-19(10-12-21)29-24(32)14-23(26(29)34)28(15-18-5-2-3-8-22(18)27)25(33)17-6-4-7-20(13-17)30(35)36/h2-13,23H,14-15H2,1H3. The zero-order chi connectivity index (χ0) is 26.7. The van der Waals surface area contributed by atoms with Gasteiger partial charge in [0.15, 0.2) is 0 Å². The molecule has 10 nitrogen and oxygen atoms in total. The van der Waals surface area contributed by atoms with E-state index in [1.165, 1.54) is 54.3 Å². The maximum Gasteiger partial charge on any atom is 0.308 e. The molecule has 1 fully saturated rings. The van der Waals surface area contributed by atoms with Crippen molar-refractivity contribution < 1.29 is 28.8 Å². The lowest BCUT2D eigenvalue weighted by Crippen LogP contribution is -2.45. The molecule has 0 spiro atoms. The van der Waals surface area contributed by atoms with E-state index in [2.05, 4.69) is 0 Å². The summed E-state index contributed by atoms with van der Waals surface area (Å²) >= 11 is 6.31. The molecule has 0 N–H and O–H groups in total.